The Labute approximate surface area is 73.1 Å². The standard InChI is InChI=1S/C9H16O3/c1-6(2)7(10)8(11)12-9(3,4)5/h6H,1-5H3/i1+1,2+1. The summed E-state index contributed by atoms with van der Waals surface area (Å²) in [4.78, 5) is 22.1. The zero-order valence-corrected chi connectivity index (χ0v) is 8.30. The van der Waals surface area contributed by atoms with Gasteiger partial charge in [-0.3, -0.25) is 4.79 Å². The number of carbonyl (C=O) groups is 2. The Balaban J connectivity index is 4.15. The molecule has 12 heavy (non-hydrogen) atoms. The van der Waals surface area contributed by atoms with Crippen LogP contribution in [0.1, 0.15) is 34.6 Å². The molecule has 0 saturated carbocycles. The van der Waals surface area contributed by atoms with Crippen LogP contribution in [0.5, 0.6) is 0 Å². The molecule has 0 heterocycles. The van der Waals surface area contributed by atoms with Crippen molar-refractivity contribution in [2.45, 2.75) is 40.2 Å². The van der Waals surface area contributed by atoms with Crippen molar-refractivity contribution in [2.75, 3.05) is 0 Å². The molecular weight excluding hydrogens is 158 g/mol. The molecule has 0 aromatic heterocycles. The number of Topliss-reactive ketones (excluding diaryl/α,β-unsaturated/α-hetero) is 1. The van der Waals surface area contributed by atoms with E-state index in [1.807, 2.05) is 0 Å². The van der Waals surface area contributed by atoms with E-state index >= 15 is 0 Å². The van der Waals surface area contributed by atoms with Crippen LogP contribution in [0.25, 0.3) is 0 Å². The summed E-state index contributed by atoms with van der Waals surface area (Å²) < 4.78 is 4.87. The summed E-state index contributed by atoms with van der Waals surface area (Å²) in [6.45, 7) is 8.55. The van der Waals surface area contributed by atoms with Crippen LogP contribution in [-0.4, -0.2) is 17.4 Å². The van der Waals surface area contributed by atoms with Crippen LogP contribution in [-0.2, 0) is 14.3 Å². The lowest BCUT2D eigenvalue weighted by Gasteiger charge is -2.19. The molecule has 0 amide bonds. The fourth-order valence-corrected chi connectivity index (χ4v) is 0.564. The van der Waals surface area contributed by atoms with Crippen LogP contribution in [0.15, 0.2) is 0 Å². The molecule has 0 radical (unpaired) electrons. The first-order valence-electron chi connectivity index (χ1n) is 4.01. The Morgan fingerprint density at radius 1 is 1.17 bits per heavy atom. The van der Waals surface area contributed by atoms with Gasteiger partial charge in [0, 0.05) is 5.92 Å². The lowest BCUT2D eigenvalue weighted by Crippen LogP contribution is -2.31. The minimum absolute atomic E-state index is 0.292. The predicted molar refractivity (Wildman–Crippen MR) is 45.7 cm³/mol. The quantitative estimate of drug-likeness (QED) is 0.362. The molecule has 3 nitrogen and oxygen atoms in total. The molecule has 3 heteroatoms. The highest BCUT2D eigenvalue weighted by atomic mass is 16.6. The molecule has 0 spiro atoms. The van der Waals surface area contributed by atoms with Crippen molar-refractivity contribution in [1.82, 2.24) is 0 Å². The van der Waals surface area contributed by atoms with Crippen molar-refractivity contribution in [3.8, 4) is 0 Å². The van der Waals surface area contributed by atoms with Gasteiger partial charge < -0.3 is 4.74 Å². The lowest BCUT2D eigenvalue weighted by atomic mass is 10.2. The van der Waals surface area contributed by atoms with Gasteiger partial charge in [-0.2, -0.15) is 0 Å². The SMILES string of the molecule is CC(C)(C)OC(=O)C(=O)C([13CH3])[13CH3]. The maximum absolute atomic E-state index is 11.0. The summed E-state index contributed by atoms with van der Waals surface area (Å²) in [6, 6.07) is 0. The molecule has 0 aromatic carbocycles. The second kappa shape index (κ2) is 3.70. The molecule has 0 rings (SSSR count). The van der Waals surface area contributed by atoms with E-state index in [0.717, 1.165) is 0 Å². The molecule has 0 bridgehead atoms. The fraction of sp³-hybridized carbons (Fsp3) is 0.778. The number of hydrogen-bond acceptors (Lipinski definition) is 3. The van der Waals surface area contributed by atoms with Crippen molar-refractivity contribution >= 4 is 11.8 Å². The van der Waals surface area contributed by atoms with E-state index in [9.17, 15) is 9.59 Å². The number of ether oxygens (including phenoxy) is 1. The van der Waals surface area contributed by atoms with Crippen molar-refractivity contribution in [1.29, 1.82) is 0 Å². The second-order valence-corrected chi connectivity index (χ2v) is 4.02. The third-order valence-corrected chi connectivity index (χ3v) is 1.12. The van der Waals surface area contributed by atoms with Crippen LogP contribution in [0.3, 0.4) is 0 Å². The van der Waals surface area contributed by atoms with E-state index in [4.69, 9.17) is 4.74 Å². The van der Waals surface area contributed by atoms with Crippen LogP contribution < -0.4 is 0 Å². The zero-order valence-electron chi connectivity index (χ0n) is 8.30. The maximum Gasteiger partial charge on any atom is 0.375 e. The number of rotatable bonds is 2. The van der Waals surface area contributed by atoms with E-state index in [1.165, 1.54) is 0 Å². The average molecular weight is 174 g/mol. The number of carbonyl (C=O) groups excluding carboxylic acids is 2. The fourth-order valence-electron chi connectivity index (χ4n) is 0.564. The molecule has 0 aromatic rings. The highest BCUT2D eigenvalue weighted by Crippen LogP contribution is 2.08. The topological polar surface area (TPSA) is 43.4 Å². The van der Waals surface area contributed by atoms with Gasteiger partial charge in [-0.1, -0.05) is 13.8 Å². The molecular formula is C9H16O3. The first-order valence-corrected chi connectivity index (χ1v) is 4.01. The highest BCUT2D eigenvalue weighted by Gasteiger charge is 2.24. The number of hydrogen-bond donors (Lipinski definition) is 0. The average Bonchev–Trinajstić information content (AvgIpc) is 1.82. The predicted octanol–water partition coefficient (Wildman–Crippen LogP) is 1.55. The minimum Gasteiger partial charge on any atom is -0.454 e. The number of esters is 1. The first kappa shape index (κ1) is 11.1. The van der Waals surface area contributed by atoms with E-state index < -0.39 is 17.4 Å². The number of ketones is 1. The van der Waals surface area contributed by atoms with Gasteiger partial charge >= 0.3 is 5.97 Å². The summed E-state index contributed by atoms with van der Waals surface area (Å²) in [7, 11) is 0. The van der Waals surface area contributed by atoms with Gasteiger partial charge in [-0.25, -0.2) is 4.79 Å². The van der Waals surface area contributed by atoms with Crippen LogP contribution >= 0.6 is 0 Å². The molecule has 70 valence electrons. The molecule has 0 aliphatic heterocycles. The Morgan fingerprint density at radius 3 is 1.83 bits per heavy atom. The van der Waals surface area contributed by atoms with E-state index in [1.54, 1.807) is 34.6 Å². The smallest absolute Gasteiger partial charge is 0.375 e. The van der Waals surface area contributed by atoms with Gasteiger partial charge in [0.25, 0.3) is 0 Å². The molecule has 0 atom stereocenters. The normalized spacial score (nSPS) is 11.5. The molecule has 0 N–H and O–H groups in total. The van der Waals surface area contributed by atoms with Gasteiger partial charge in [0.2, 0.25) is 5.78 Å². The minimum atomic E-state index is -0.738. The molecule has 0 unspecified atom stereocenters. The largest absolute Gasteiger partial charge is 0.454 e. The van der Waals surface area contributed by atoms with Crippen molar-refractivity contribution < 1.29 is 14.3 Å². The Morgan fingerprint density at radius 2 is 1.58 bits per heavy atom. The third-order valence-electron chi connectivity index (χ3n) is 1.12. The lowest BCUT2D eigenvalue weighted by molar-refractivity contribution is -0.163. The Bertz CT molecular complexity index is 186. The summed E-state index contributed by atoms with van der Waals surface area (Å²) in [6.07, 6.45) is 0. The summed E-state index contributed by atoms with van der Waals surface area (Å²) in [5.74, 6) is -1.50. The van der Waals surface area contributed by atoms with Crippen LogP contribution in [0.2, 0.25) is 0 Å². The monoisotopic (exact) mass is 174 g/mol. The van der Waals surface area contributed by atoms with Crippen molar-refractivity contribution in [2.24, 2.45) is 5.92 Å². The summed E-state index contributed by atoms with van der Waals surface area (Å²) in [5, 5.41) is 0. The van der Waals surface area contributed by atoms with Gasteiger partial charge in [0.05, 0.1) is 0 Å². The maximum atomic E-state index is 11.0. The van der Waals surface area contributed by atoms with Gasteiger partial charge in [0.1, 0.15) is 5.60 Å². The van der Waals surface area contributed by atoms with Crippen LogP contribution in [0, 0.1) is 5.92 Å². The third kappa shape index (κ3) is 4.11. The second-order valence-electron chi connectivity index (χ2n) is 4.02. The van der Waals surface area contributed by atoms with E-state index in [2.05, 4.69) is 0 Å². The van der Waals surface area contributed by atoms with Crippen molar-refractivity contribution in [3.05, 3.63) is 0 Å². The summed E-state index contributed by atoms with van der Waals surface area (Å²) >= 11 is 0. The summed E-state index contributed by atoms with van der Waals surface area (Å²) in [5.41, 5.74) is -0.582. The van der Waals surface area contributed by atoms with E-state index in [0.29, 0.717) is 0 Å². The molecule has 0 saturated heterocycles. The van der Waals surface area contributed by atoms with E-state index in [-0.39, 0.29) is 5.92 Å². The Hall–Kier alpha value is -0.860. The molecule has 0 aliphatic carbocycles. The van der Waals surface area contributed by atoms with Crippen molar-refractivity contribution in [3.63, 3.8) is 0 Å². The van der Waals surface area contributed by atoms with Gasteiger partial charge in [-0.05, 0) is 20.8 Å². The molecule has 0 aliphatic rings. The molecule has 0 fully saturated rings. The van der Waals surface area contributed by atoms with Crippen LogP contribution in [0.4, 0.5) is 0 Å². The highest BCUT2D eigenvalue weighted by molar-refractivity contribution is 6.34. The first-order chi connectivity index (χ1) is 5.24. The van der Waals surface area contributed by atoms with Gasteiger partial charge in [-0.15, -0.1) is 0 Å². The zero-order chi connectivity index (χ0) is 9.94. The van der Waals surface area contributed by atoms with Gasteiger partial charge in [0.15, 0.2) is 0 Å². The Kier molecular flexibility index (Phi) is 3.43.